The number of piperidine rings is 1. The maximum absolute atomic E-state index is 12.7. The van der Waals surface area contributed by atoms with Gasteiger partial charge in [0.15, 0.2) is 0 Å². The monoisotopic (exact) mass is 375 g/mol. The highest BCUT2D eigenvalue weighted by Gasteiger charge is 2.31. The minimum Gasteiger partial charge on any atom is -0.497 e. The van der Waals surface area contributed by atoms with Gasteiger partial charge < -0.3 is 19.9 Å². The third-order valence-corrected chi connectivity index (χ3v) is 4.69. The van der Waals surface area contributed by atoms with Crippen LogP contribution in [0.25, 0.3) is 0 Å². The van der Waals surface area contributed by atoms with E-state index in [0.29, 0.717) is 24.5 Å². The van der Waals surface area contributed by atoms with Gasteiger partial charge in [0.1, 0.15) is 5.75 Å². The molecule has 1 heterocycles. The van der Waals surface area contributed by atoms with E-state index < -0.39 is 0 Å². The Kier molecular flexibility index (Phi) is 7.21. The lowest BCUT2D eigenvalue weighted by Crippen LogP contribution is -2.48. The Balaban J connectivity index is 1.90. The summed E-state index contributed by atoms with van der Waals surface area (Å²) in [5, 5.41) is 2.77. The van der Waals surface area contributed by atoms with E-state index in [4.69, 9.17) is 4.74 Å². The molecule has 0 saturated carbocycles. The van der Waals surface area contributed by atoms with Crippen LogP contribution >= 0.6 is 0 Å². The number of carbonyl (C=O) groups excluding carboxylic acids is 3. The summed E-state index contributed by atoms with van der Waals surface area (Å²) in [5.41, 5.74) is 0.617. The average molecular weight is 375 g/mol. The molecule has 0 aromatic heterocycles. The first-order valence-corrected chi connectivity index (χ1v) is 9.29. The van der Waals surface area contributed by atoms with Crippen molar-refractivity contribution in [3.05, 3.63) is 24.3 Å². The van der Waals surface area contributed by atoms with Crippen molar-refractivity contribution in [3.8, 4) is 5.75 Å². The topological polar surface area (TPSA) is 79.0 Å². The SMILES string of the molecule is COc1cccc(NC(=O)CN(C)C(=O)C2CCCN(C(=O)C(C)C)C2)c1. The molecule has 1 aliphatic heterocycles. The number of hydrogen-bond donors (Lipinski definition) is 1. The van der Waals surface area contributed by atoms with Crippen molar-refractivity contribution in [2.24, 2.45) is 11.8 Å². The largest absolute Gasteiger partial charge is 0.497 e. The van der Waals surface area contributed by atoms with E-state index in [9.17, 15) is 14.4 Å². The van der Waals surface area contributed by atoms with Crippen LogP contribution in [0.3, 0.4) is 0 Å². The van der Waals surface area contributed by atoms with Crippen LogP contribution in [0.2, 0.25) is 0 Å². The molecule has 1 saturated heterocycles. The number of hydrogen-bond acceptors (Lipinski definition) is 4. The van der Waals surface area contributed by atoms with Crippen molar-refractivity contribution in [2.45, 2.75) is 26.7 Å². The second-order valence-electron chi connectivity index (χ2n) is 7.25. The van der Waals surface area contributed by atoms with Gasteiger partial charge in [-0.1, -0.05) is 19.9 Å². The van der Waals surface area contributed by atoms with Crippen molar-refractivity contribution in [1.82, 2.24) is 9.80 Å². The van der Waals surface area contributed by atoms with Gasteiger partial charge in [0.05, 0.1) is 19.6 Å². The molecule has 1 aromatic rings. The fraction of sp³-hybridized carbons (Fsp3) is 0.550. The Morgan fingerprint density at radius 3 is 2.74 bits per heavy atom. The number of methoxy groups -OCH3 is 1. The van der Waals surface area contributed by atoms with E-state index in [1.165, 1.54) is 4.90 Å². The van der Waals surface area contributed by atoms with Gasteiger partial charge in [0.2, 0.25) is 17.7 Å². The normalized spacial score (nSPS) is 16.8. The summed E-state index contributed by atoms with van der Waals surface area (Å²) in [6, 6.07) is 7.05. The summed E-state index contributed by atoms with van der Waals surface area (Å²) in [6.45, 7) is 4.81. The zero-order valence-electron chi connectivity index (χ0n) is 16.5. The summed E-state index contributed by atoms with van der Waals surface area (Å²) < 4.78 is 5.13. The molecule has 3 amide bonds. The first kappa shape index (κ1) is 20.7. The number of carbonyl (C=O) groups is 3. The smallest absolute Gasteiger partial charge is 0.243 e. The summed E-state index contributed by atoms with van der Waals surface area (Å²) in [4.78, 5) is 40.4. The van der Waals surface area contributed by atoms with Crippen LogP contribution in [0.1, 0.15) is 26.7 Å². The molecular formula is C20H29N3O4. The predicted molar refractivity (Wildman–Crippen MR) is 103 cm³/mol. The quantitative estimate of drug-likeness (QED) is 0.825. The van der Waals surface area contributed by atoms with Crippen molar-refractivity contribution in [2.75, 3.05) is 39.1 Å². The third-order valence-electron chi connectivity index (χ3n) is 4.69. The lowest BCUT2D eigenvalue weighted by Gasteiger charge is -2.34. The highest BCUT2D eigenvalue weighted by Crippen LogP contribution is 2.20. The minimum absolute atomic E-state index is 0.0370. The van der Waals surface area contributed by atoms with Crippen LogP contribution in [0.15, 0.2) is 24.3 Å². The number of amides is 3. The first-order valence-electron chi connectivity index (χ1n) is 9.29. The lowest BCUT2D eigenvalue weighted by molar-refractivity contribution is -0.143. The molecule has 1 N–H and O–H groups in total. The van der Waals surface area contributed by atoms with Crippen molar-refractivity contribution in [1.29, 1.82) is 0 Å². The number of likely N-dealkylation sites (N-methyl/N-ethyl adjacent to an activating group) is 1. The van der Waals surface area contributed by atoms with E-state index >= 15 is 0 Å². The molecule has 7 heteroatoms. The van der Waals surface area contributed by atoms with Crippen LogP contribution in [-0.4, -0.2) is 61.3 Å². The van der Waals surface area contributed by atoms with Crippen molar-refractivity contribution < 1.29 is 19.1 Å². The molecule has 148 valence electrons. The number of rotatable bonds is 6. The van der Waals surface area contributed by atoms with Gasteiger partial charge >= 0.3 is 0 Å². The third kappa shape index (κ3) is 5.70. The second kappa shape index (κ2) is 9.39. The van der Waals surface area contributed by atoms with Gasteiger partial charge in [-0.05, 0) is 25.0 Å². The van der Waals surface area contributed by atoms with Crippen LogP contribution in [0.4, 0.5) is 5.69 Å². The molecular weight excluding hydrogens is 346 g/mol. The van der Waals surface area contributed by atoms with E-state index in [2.05, 4.69) is 5.32 Å². The summed E-state index contributed by atoms with van der Waals surface area (Å²) in [5.74, 6) is 0.0173. The Morgan fingerprint density at radius 2 is 2.07 bits per heavy atom. The van der Waals surface area contributed by atoms with Gasteiger partial charge in [0.25, 0.3) is 0 Å². The number of ether oxygens (including phenoxy) is 1. The van der Waals surface area contributed by atoms with Gasteiger partial charge in [-0.15, -0.1) is 0 Å². The predicted octanol–water partition coefficient (Wildman–Crippen LogP) is 1.99. The van der Waals surface area contributed by atoms with Gasteiger partial charge in [-0.2, -0.15) is 0 Å². The van der Waals surface area contributed by atoms with E-state index in [1.54, 1.807) is 43.3 Å². The first-order chi connectivity index (χ1) is 12.8. The fourth-order valence-electron chi connectivity index (χ4n) is 3.25. The summed E-state index contributed by atoms with van der Waals surface area (Å²) >= 11 is 0. The molecule has 1 fully saturated rings. The Bertz CT molecular complexity index is 690. The average Bonchev–Trinajstić information content (AvgIpc) is 2.66. The number of likely N-dealkylation sites (tertiary alicyclic amines) is 1. The van der Waals surface area contributed by atoms with Crippen LogP contribution in [-0.2, 0) is 14.4 Å². The maximum atomic E-state index is 12.7. The van der Waals surface area contributed by atoms with E-state index in [0.717, 1.165) is 12.8 Å². The zero-order chi connectivity index (χ0) is 20.0. The molecule has 1 aliphatic rings. The zero-order valence-corrected chi connectivity index (χ0v) is 16.5. The Morgan fingerprint density at radius 1 is 1.33 bits per heavy atom. The standard InChI is InChI=1S/C20H29N3O4/c1-14(2)19(25)23-10-6-7-15(12-23)20(26)22(3)13-18(24)21-16-8-5-9-17(11-16)27-4/h5,8-9,11,14-15H,6-7,10,12-13H2,1-4H3,(H,21,24). The lowest BCUT2D eigenvalue weighted by atomic mass is 9.95. The summed E-state index contributed by atoms with van der Waals surface area (Å²) in [7, 11) is 3.18. The highest BCUT2D eigenvalue weighted by molar-refractivity contribution is 5.95. The van der Waals surface area contributed by atoms with Crippen LogP contribution in [0.5, 0.6) is 5.75 Å². The maximum Gasteiger partial charge on any atom is 0.243 e. The molecule has 0 radical (unpaired) electrons. The van der Waals surface area contributed by atoms with E-state index in [-0.39, 0.29) is 36.1 Å². The van der Waals surface area contributed by atoms with Crippen LogP contribution < -0.4 is 10.1 Å². The van der Waals surface area contributed by atoms with Crippen LogP contribution in [0, 0.1) is 11.8 Å². The van der Waals surface area contributed by atoms with Crippen molar-refractivity contribution in [3.63, 3.8) is 0 Å². The molecule has 7 nitrogen and oxygen atoms in total. The number of nitrogens with zero attached hydrogens (tertiary/aromatic N) is 2. The van der Waals surface area contributed by atoms with Gasteiger partial charge in [0, 0.05) is 37.8 Å². The highest BCUT2D eigenvalue weighted by atomic mass is 16.5. The molecule has 1 aromatic carbocycles. The molecule has 2 rings (SSSR count). The van der Waals surface area contributed by atoms with Crippen molar-refractivity contribution >= 4 is 23.4 Å². The number of nitrogens with one attached hydrogen (secondary N) is 1. The number of benzene rings is 1. The molecule has 27 heavy (non-hydrogen) atoms. The molecule has 1 unspecified atom stereocenters. The van der Waals surface area contributed by atoms with Gasteiger partial charge in [-0.3, -0.25) is 14.4 Å². The Hall–Kier alpha value is -2.57. The number of anilines is 1. The molecule has 1 atom stereocenters. The molecule has 0 spiro atoms. The van der Waals surface area contributed by atoms with E-state index in [1.807, 2.05) is 13.8 Å². The van der Waals surface area contributed by atoms with Gasteiger partial charge in [-0.25, -0.2) is 0 Å². The minimum atomic E-state index is -0.273. The second-order valence-corrected chi connectivity index (χ2v) is 7.25. The fourth-order valence-corrected chi connectivity index (χ4v) is 3.25. The Labute approximate surface area is 160 Å². The molecule has 0 bridgehead atoms. The molecule has 0 aliphatic carbocycles. The summed E-state index contributed by atoms with van der Waals surface area (Å²) in [6.07, 6.45) is 1.54.